The molecule has 1 aliphatic heterocycles. The lowest BCUT2D eigenvalue weighted by molar-refractivity contribution is -0.387. The summed E-state index contributed by atoms with van der Waals surface area (Å²) in [6.07, 6.45) is 1.70. The Bertz CT molecular complexity index is 1260. The lowest BCUT2D eigenvalue weighted by Crippen LogP contribution is -2.50. The molecule has 0 saturated carbocycles. The normalized spacial score (nSPS) is 15.0. The van der Waals surface area contributed by atoms with E-state index in [0.29, 0.717) is 5.56 Å². The fraction of sp³-hybridized carbons (Fsp3) is 0.238. The van der Waals surface area contributed by atoms with Gasteiger partial charge >= 0.3 is 0 Å². The van der Waals surface area contributed by atoms with Crippen molar-refractivity contribution in [2.75, 3.05) is 26.2 Å². The average molecular weight is 455 g/mol. The number of sulfonamides is 1. The minimum Gasteiger partial charge on any atom is -0.336 e. The highest BCUT2D eigenvalue weighted by Crippen LogP contribution is 2.27. The molecule has 0 spiro atoms. The number of benzene rings is 2. The van der Waals surface area contributed by atoms with Crippen LogP contribution in [0.2, 0.25) is 0 Å². The number of piperazine rings is 1. The SMILES string of the molecule is Cc1ccnn1-c1ccc(C(=O)N2CCN(S(=O)(=O)c3ccccc3[N+](=O)[O-])CC2)cc1. The maximum atomic E-state index is 12.9. The lowest BCUT2D eigenvalue weighted by atomic mass is 10.1. The monoisotopic (exact) mass is 455 g/mol. The van der Waals surface area contributed by atoms with E-state index in [1.54, 1.807) is 27.9 Å². The highest BCUT2D eigenvalue weighted by molar-refractivity contribution is 7.89. The summed E-state index contributed by atoms with van der Waals surface area (Å²) >= 11 is 0. The van der Waals surface area contributed by atoms with E-state index in [1.165, 1.54) is 28.6 Å². The van der Waals surface area contributed by atoms with Crippen molar-refractivity contribution in [3.05, 3.63) is 82.2 Å². The average Bonchev–Trinajstić information content (AvgIpc) is 3.24. The molecule has 0 bridgehead atoms. The second-order valence-electron chi connectivity index (χ2n) is 7.35. The largest absolute Gasteiger partial charge is 0.336 e. The van der Waals surface area contributed by atoms with E-state index in [0.717, 1.165) is 11.4 Å². The molecule has 1 saturated heterocycles. The molecule has 0 unspecified atom stereocenters. The van der Waals surface area contributed by atoms with Crippen molar-refractivity contribution in [2.45, 2.75) is 11.8 Å². The standard InChI is InChI=1S/C21H21N5O5S/c1-16-10-11-22-25(16)18-8-6-17(7-9-18)21(27)23-12-14-24(15-13-23)32(30,31)20-5-3-2-4-19(20)26(28)29/h2-11H,12-15H2,1H3. The first-order valence-corrected chi connectivity index (χ1v) is 11.4. The van der Waals surface area contributed by atoms with Gasteiger partial charge in [0.1, 0.15) is 0 Å². The first kappa shape index (κ1) is 21.7. The van der Waals surface area contributed by atoms with Gasteiger partial charge in [0, 0.05) is 49.7 Å². The van der Waals surface area contributed by atoms with Gasteiger partial charge in [-0.15, -0.1) is 0 Å². The van der Waals surface area contributed by atoms with E-state index in [2.05, 4.69) is 5.10 Å². The predicted octanol–water partition coefficient (Wildman–Crippen LogP) is 2.24. The van der Waals surface area contributed by atoms with Crippen LogP contribution in [0.3, 0.4) is 0 Å². The molecule has 10 nitrogen and oxygen atoms in total. The van der Waals surface area contributed by atoms with Crippen LogP contribution in [0.25, 0.3) is 5.69 Å². The van der Waals surface area contributed by atoms with Crippen LogP contribution >= 0.6 is 0 Å². The molecule has 1 amide bonds. The first-order chi connectivity index (χ1) is 15.3. The third kappa shape index (κ3) is 3.99. The summed E-state index contributed by atoms with van der Waals surface area (Å²) < 4.78 is 28.8. The maximum absolute atomic E-state index is 12.9. The summed E-state index contributed by atoms with van der Waals surface area (Å²) in [4.78, 5) is 24.6. The molecule has 3 aromatic rings. The summed E-state index contributed by atoms with van der Waals surface area (Å²) in [7, 11) is -4.04. The predicted molar refractivity (Wildman–Crippen MR) is 116 cm³/mol. The summed E-state index contributed by atoms with van der Waals surface area (Å²) in [5.74, 6) is -0.198. The first-order valence-electron chi connectivity index (χ1n) is 9.93. The molecule has 0 atom stereocenters. The van der Waals surface area contributed by atoms with E-state index in [1.807, 2.05) is 25.1 Å². The Hall–Kier alpha value is -3.57. The molecule has 0 radical (unpaired) electrons. The van der Waals surface area contributed by atoms with Gasteiger partial charge in [-0.2, -0.15) is 9.40 Å². The number of amides is 1. The molecular formula is C21H21N5O5S. The lowest BCUT2D eigenvalue weighted by Gasteiger charge is -2.34. The van der Waals surface area contributed by atoms with Crippen molar-refractivity contribution in [3.63, 3.8) is 0 Å². The van der Waals surface area contributed by atoms with E-state index in [-0.39, 0.29) is 37.0 Å². The topological polar surface area (TPSA) is 119 Å². The molecule has 1 fully saturated rings. The Balaban J connectivity index is 1.45. The van der Waals surface area contributed by atoms with E-state index >= 15 is 0 Å². The number of hydrogen-bond donors (Lipinski definition) is 0. The van der Waals surface area contributed by atoms with Crippen LogP contribution in [0.1, 0.15) is 16.1 Å². The van der Waals surface area contributed by atoms with Gasteiger partial charge in [-0.1, -0.05) is 12.1 Å². The van der Waals surface area contributed by atoms with Crippen LogP contribution in [0.5, 0.6) is 0 Å². The van der Waals surface area contributed by atoms with Gasteiger partial charge in [0.25, 0.3) is 11.6 Å². The molecule has 0 N–H and O–H groups in total. The molecule has 166 valence electrons. The number of rotatable bonds is 5. The number of para-hydroxylation sites is 1. The van der Waals surface area contributed by atoms with E-state index < -0.39 is 20.6 Å². The van der Waals surface area contributed by atoms with Crippen LogP contribution in [-0.4, -0.2) is 64.4 Å². The molecule has 2 heterocycles. The molecule has 11 heteroatoms. The smallest absolute Gasteiger partial charge is 0.289 e. The Morgan fingerprint density at radius 3 is 2.25 bits per heavy atom. The second kappa shape index (κ2) is 8.52. The van der Waals surface area contributed by atoms with Crippen molar-refractivity contribution >= 4 is 21.6 Å². The number of hydrogen-bond acceptors (Lipinski definition) is 6. The summed E-state index contributed by atoms with van der Waals surface area (Å²) in [6.45, 7) is 2.44. The van der Waals surface area contributed by atoms with Crippen molar-refractivity contribution in [2.24, 2.45) is 0 Å². The molecule has 1 aliphatic rings. The summed E-state index contributed by atoms with van der Waals surface area (Å²) in [5.41, 5.74) is 1.84. The molecular weight excluding hydrogens is 434 g/mol. The number of nitro groups is 1. The Morgan fingerprint density at radius 2 is 1.66 bits per heavy atom. The zero-order chi connectivity index (χ0) is 22.9. The van der Waals surface area contributed by atoms with Gasteiger partial charge in [-0.3, -0.25) is 14.9 Å². The number of aromatic nitrogens is 2. The molecule has 32 heavy (non-hydrogen) atoms. The van der Waals surface area contributed by atoms with Crippen LogP contribution < -0.4 is 0 Å². The van der Waals surface area contributed by atoms with Crippen molar-refractivity contribution in [1.82, 2.24) is 19.0 Å². The van der Waals surface area contributed by atoms with Crippen LogP contribution in [0.15, 0.2) is 65.7 Å². The van der Waals surface area contributed by atoms with Gasteiger partial charge in [0.2, 0.25) is 10.0 Å². The summed E-state index contributed by atoms with van der Waals surface area (Å²) in [5, 5.41) is 15.5. The van der Waals surface area contributed by atoms with Gasteiger partial charge < -0.3 is 4.90 Å². The number of carbonyl (C=O) groups excluding carboxylic acids is 1. The highest BCUT2D eigenvalue weighted by Gasteiger charge is 2.34. The van der Waals surface area contributed by atoms with Crippen molar-refractivity contribution in [3.8, 4) is 5.69 Å². The van der Waals surface area contributed by atoms with Crippen molar-refractivity contribution in [1.29, 1.82) is 0 Å². The third-order valence-electron chi connectivity index (χ3n) is 5.40. The third-order valence-corrected chi connectivity index (χ3v) is 7.34. The van der Waals surface area contributed by atoms with Crippen molar-refractivity contribution < 1.29 is 18.1 Å². The minimum atomic E-state index is -4.04. The van der Waals surface area contributed by atoms with Gasteiger partial charge in [-0.25, -0.2) is 13.1 Å². The van der Waals surface area contributed by atoms with Crippen LogP contribution in [0, 0.1) is 17.0 Å². The minimum absolute atomic E-state index is 0.0602. The van der Waals surface area contributed by atoms with E-state index in [9.17, 15) is 23.3 Å². The molecule has 4 rings (SSSR count). The number of nitro benzene ring substituents is 1. The van der Waals surface area contributed by atoms with Gasteiger partial charge in [0.05, 0.1) is 10.6 Å². The van der Waals surface area contributed by atoms with Gasteiger partial charge in [-0.05, 0) is 43.3 Å². The fourth-order valence-corrected chi connectivity index (χ4v) is 5.24. The number of carbonyl (C=O) groups is 1. The molecule has 1 aromatic heterocycles. The number of nitrogens with zero attached hydrogens (tertiary/aromatic N) is 5. The van der Waals surface area contributed by atoms with Gasteiger partial charge in [0.15, 0.2) is 4.90 Å². The Morgan fingerprint density at radius 1 is 1.00 bits per heavy atom. The fourth-order valence-electron chi connectivity index (χ4n) is 3.66. The number of aryl methyl sites for hydroxylation is 1. The van der Waals surface area contributed by atoms with E-state index in [4.69, 9.17) is 0 Å². The molecule has 0 aliphatic carbocycles. The zero-order valence-electron chi connectivity index (χ0n) is 17.3. The maximum Gasteiger partial charge on any atom is 0.289 e. The van der Waals surface area contributed by atoms with Crippen LogP contribution in [-0.2, 0) is 10.0 Å². The molecule has 2 aromatic carbocycles. The second-order valence-corrected chi connectivity index (χ2v) is 9.26. The Kier molecular flexibility index (Phi) is 5.76. The Labute approximate surface area is 184 Å². The quantitative estimate of drug-likeness (QED) is 0.430. The summed E-state index contributed by atoms with van der Waals surface area (Å²) in [6, 6.07) is 14.2. The highest BCUT2D eigenvalue weighted by atomic mass is 32.2. The zero-order valence-corrected chi connectivity index (χ0v) is 18.1. The van der Waals surface area contributed by atoms with Crippen LogP contribution in [0.4, 0.5) is 5.69 Å².